The molecule has 0 atom stereocenters. The first-order valence-corrected chi connectivity index (χ1v) is 7.67. The molecule has 0 aliphatic heterocycles. The summed E-state index contributed by atoms with van der Waals surface area (Å²) in [5, 5.41) is 36.2. The largest absolute Gasteiger partial charge is 0.478 e. The van der Waals surface area contributed by atoms with Crippen molar-refractivity contribution in [2.24, 2.45) is 0 Å². The minimum Gasteiger partial charge on any atom is -0.478 e. The van der Waals surface area contributed by atoms with E-state index < -0.39 is 11.9 Å². The minimum atomic E-state index is -1.32. The summed E-state index contributed by atoms with van der Waals surface area (Å²) in [6, 6.07) is 10.1. The Labute approximate surface area is 151 Å². The van der Waals surface area contributed by atoms with Crippen molar-refractivity contribution in [1.29, 1.82) is 10.5 Å². The molecule has 0 bridgehead atoms. The molecule has 2 N–H and O–H groups in total. The van der Waals surface area contributed by atoms with Gasteiger partial charge in [0.2, 0.25) is 0 Å². The van der Waals surface area contributed by atoms with Gasteiger partial charge in [0.1, 0.15) is 0 Å². The van der Waals surface area contributed by atoms with Crippen molar-refractivity contribution in [2.75, 3.05) is 0 Å². The van der Waals surface area contributed by atoms with E-state index >= 15 is 0 Å². The second-order valence-electron chi connectivity index (χ2n) is 4.96. The molecule has 0 aliphatic rings. The summed E-state index contributed by atoms with van der Waals surface area (Å²) in [5.41, 5.74) is 0.595. The lowest BCUT2D eigenvalue weighted by molar-refractivity contribution is -0.0778. The van der Waals surface area contributed by atoms with Crippen LogP contribution in [-0.2, 0) is 4.33 Å². The zero-order chi connectivity index (χ0) is 19.3. The number of nitrogens with zero attached hydrogens (tertiary/aromatic N) is 2. The first-order chi connectivity index (χ1) is 12.3. The maximum absolute atomic E-state index is 11.0. The van der Waals surface area contributed by atoms with E-state index in [1.165, 1.54) is 12.1 Å². The van der Waals surface area contributed by atoms with Gasteiger partial charge in [-0.2, -0.15) is 10.5 Å². The zero-order valence-corrected chi connectivity index (χ0v) is 14.0. The van der Waals surface area contributed by atoms with E-state index in [2.05, 4.69) is 0 Å². The highest BCUT2D eigenvalue weighted by molar-refractivity contribution is 7.94. The molecule has 9 heteroatoms. The number of benzene rings is 2. The van der Waals surface area contributed by atoms with Crippen LogP contribution in [0.25, 0.3) is 0 Å². The van der Waals surface area contributed by atoms with Crippen LogP contribution in [0.2, 0.25) is 0 Å². The Kier molecular flexibility index (Phi) is 5.81. The van der Waals surface area contributed by atoms with Gasteiger partial charge in [0.05, 0.1) is 46.4 Å². The van der Waals surface area contributed by atoms with Crippen LogP contribution < -0.4 is 4.89 Å². The summed E-state index contributed by atoms with van der Waals surface area (Å²) in [7, 11) is 0. The highest BCUT2D eigenvalue weighted by Crippen LogP contribution is 2.27. The number of rotatable bonds is 6. The molecular weight excluding hydrogens is 360 g/mol. The maximum Gasteiger partial charge on any atom is 0.335 e. The smallest absolute Gasteiger partial charge is 0.335 e. The molecule has 0 unspecified atom stereocenters. The molecule has 0 saturated carbocycles. The van der Waals surface area contributed by atoms with Crippen molar-refractivity contribution >= 4 is 24.0 Å². The lowest BCUT2D eigenvalue weighted by Gasteiger charge is -2.07. The molecule has 2 aromatic rings. The summed E-state index contributed by atoms with van der Waals surface area (Å²) in [5.74, 6) is -2.76. The monoisotopic (exact) mass is 370 g/mol. The number of nitriles is 2. The van der Waals surface area contributed by atoms with E-state index in [0.717, 1.165) is 18.2 Å². The predicted molar refractivity (Wildman–Crippen MR) is 88.5 cm³/mol. The predicted octanol–water partition coefficient (Wildman–Crippen LogP) is 3.15. The van der Waals surface area contributed by atoms with E-state index in [9.17, 15) is 9.59 Å². The molecule has 0 heterocycles. The third kappa shape index (κ3) is 4.30. The van der Waals surface area contributed by atoms with Crippen LogP contribution in [-0.4, -0.2) is 22.2 Å². The highest BCUT2D eigenvalue weighted by Gasteiger charge is 2.13. The number of hydrogen-bond acceptors (Lipinski definition) is 7. The number of hydrogen-bond donors (Lipinski definition) is 2. The van der Waals surface area contributed by atoms with Crippen molar-refractivity contribution < 1.29 is 29.0 Å². The normalized spacial score (nSPS) is 9.81. The number of carboxylic acids is 2. The van der Waals surface area contributed by atoms with Gasteiger partial charge in [0.15, 0.2) is 5.75 Å². The molecule has 0 aromatic heterocycles. The molecule has 2 aromatic carbocycles. The van der Waals surface area contributed by atoms with E-state index in [4.69, 9.17) is 30.0 Å². The minimum absolute atomic E-state index is 0.122. The molecular formula is C17H10N2O6S. The Balaban J connectivity index is 2.18. The molecule has 0 radical (unpaired) electrons. The van der Waals surface area contributed by atoms with Gasteiger partial charge < -0.3 is 15.1 Å². The molecule has 130 valence electrons. The van der Waals surface area contributed by atoms with Crippen molar-refractivity contribution in [3.8, 4) is 17.9 Å². The number of aromatic carboxylic acids is 2. The fraction of sp³-hybridized carbons (Fsp3) is 0.0588. The van der Waals surface area contributed by atoms with Gasteiger partial charge in [0, 0.05) is 4.90 Å². The molecule has 0 aliphatic carbocycles. The van der Waals surface area contributed by atoms with E-state index in [-0.39, 0.29) is 16.9 Å². The molecule has 0 saturated heterocycles. The second kappa shape index (κ2) is 8.03. The first-order valence-electron chi connectivity index (χ1n) is 6.93. The van der Waals surface area contributed by atoms with Crippen LogP contribution in [0.15, 0.2) is 35.2 Å². The molecule has 0 spiro atoms. The zero-order valence-electron chi connectivity index (χ0n) is 13.2. The lowest BCUT2D eigenvalue weighted by Crippen LogP contribution is -2.03. The molecule has 8 nitrogen and oxygen atoms in total. The van der Waals surface area contributed by atoms with Gasteiger partial charge in [-0.1, -0.05) is 0 Å². The van der Waals surface area contributed by atoms with Crippen LogP contribution in [0.3, 0.4) is 0 Å². The first kappa shape index (κ1) is 18.8. The maximum atomic E-state index is 11.0. The van der Waals surface area contributed by atoms with Gasteiger partial charge in [-0.3, -0.25) is 0 Å². The van der Waals surface area contributed by atoms with Crippen molar-refractivity contribution in [1.82, 2.24) is 0 Å². The number of carboxylic acid groups (broad SMARTS) is 2. The molecule has 0 amide bonds. The Bertz CT molecular complexity index is 907. The fourth-order valence-corrected chi connectivity index (χ4v) is 2.48. The summed E-state index contributed by atoms with van der Waals surface area (Å²) in [6.07, 6.45) is 0. The Morgan fingerprint density at radius 1 is 0.962 bits per heavy atom. The van der Waals surface area contributed by atoms with Gasteiger partial charge >= 0.3 is 11.9 Å². The molecule has 0 fully saturated rings. The summed E-state index contributed by atoms with van der Waals surface area (Å²) in [4.78, 5) is 27.4. The van der Waals surface area contributed by atoms with E-state index in [0.29, 0.717) is 33.6 Å². The van der Waals surface area contributed by atoms with Crippen LogP contribution in [0, 0.1) is 29.6 Å². The third-order valence-electron chi connectivity index (χ3n) is 3.28. The average Bonchev–Trinajstić information content (AvgIpc) is 2.62. The van der Waals surface area contributed by atoms with Crippen molar-refractivity contribution in [3.63, 3.8) is 0 Å². The molecule has 2 rings (SSSR count). The second-order valence-corrected chi connectivity index (χ2v) is 5.73. The van der Waals surface area contributed by atoms with Gasteiger partial charge in [-0.15, -0.1) is 4.33 Å². The lowest BCUT2D eigenvalue weighted by atomic mass is 10.0. The quantitative estimate of drug-likeness (QED) is 0.445. The standard InChI is InChI=1S/C17H10N2O6S/c1-9-12(7-18)5-15(6-13(9)8-19)26-25-24-14-3-10(16(20)21)2-11(4-14)17(22)23/h2-6H,1H3,(H,20,21)(H,22,23). The SMILES string of the molecule is Cc1c(C#N)cc(SOOc2cc(C(=O)O)cc(C(=O)O)c2)cc1C#N. The van der Waals surface area contributed by atoms with Crippen LogP contribution >= 0.6 is 12.0 Å². The Morgan fingerprint density at radius 3 is 1.88 bits per heavy atom. The topological polar surface area (TPSA) is 141 Å². The molecule has 26 heavy (non-hydrogen) atoms. The Hall–Kier alpha value is -3.53. The van der Waals surface area contributed by atoms with Crippen LogP contribution in [0.5, 0.6) is 5.75 Å². The number of carbonyl (C=O) groups is 2. The van der Waals surface area contributed by atoms with Crippen molar-refractivity contribution in [3.05, 3.63) is 58.1 Å². The van der Waals surface area contributed by atoms with E-state index in [1.807, 2.05) is 12.1 Å². The van der Waals surface area contributed by atoms with Gasteiger partial charge in [-0.25, -0.2) is 9.59 Å². The summed E-state index contributed by atoms with van der Waals surface area (Å²) >= 11 is 0.692. The van der Waals surface area contributed by atoms with Gasteiger partial charge in [0.25, 0.3) is 0 Å². The summed E-state index contributed by atoms with van der Waals surface area (Å²) in [6.45, 7) is 1.65. The Morgan fingerprint density at radius 2 is 1.46 bits per heavy atom. The summed E-state index contributed by atoms with van der Waals surface area (Å²) < 4.78 is 4.93. The van der Waals surface area contributed by atoms with E-state index in [1.54, 1.807) is 6.92 Å². The van der Waals surface area contributed by atoms with Crippen LogP contribution in [0.1, 0.15) is 37.4 Å². The average molecular weight is 370 g/mol. The van der Waals surface area contributed by atoms with Crippen molar-refractivity contribution in [2.45, 2.75) is 11.8 Å². The highest BCUT2D eigenvalue weighted by atomic mass is 32.2. The fourth-order valence-electron chi connectivity index (χ4n) is 1.96. The third-order valence-corrected chi connectivity index (χ3v) is 3.85. The van der Waals surface area contributed by atoms with Crippen LogP contribution in [0.4, 0.5) is 0 Å². The van der Waals surface area contributed by atoms with Gasteiger partial charge in [-0.05, 0) is 42.8 Å².